The molecule has 14 rings (SSSR count). The third kappa shape index (κ3) is 4.87. The Kier molecular flexibility index (Phi) is 7.11. The summed E-state index contributed by atoms with van der Waals surface area (Å²) in [5.41, 5.74) is 11.3. The molecule has 0 aliphatic heterocycles. The van der Waals surface area contributed by atoms with Crippen LogP contribution in [0.3, 0.4) is 0 Å². The summed E-state index contributed by atoms with van der Waals surface area (Å²) in [5, 5.41) is 11.5. The first kappa shape index (κ1) is 34.1. The molecule has 0 amide bonds. The highest BCUT2D eigenvalue weighted by molar-refractivity contribution is 7.27. The molecule has 0 N–H and O–H groups in total. The third-order valence-electron chi connectivity index (χ3n) is 12.8. The molecule has 0 fully saturated rings. The predicted octanol–water partition coefficient (Wildman–Crippen LogP) is 15.9. The minimum atomic E-state index is 0.717. The van der Waals surface area contributed by atoms with Crippen LogP contribution in [-0.2, 0) is 0 Å². The Hall–Kier alpha value is -7.64. The Bertz CT molecular complexity index is 3880. The predicted molar refractivity (Wildman–Crippen MR) is 265 cm³/mol. The molecule has 6 heteroatoms. The van der Waals surface area contributed by atoms with Crippen molar-refractivity contribution in [1.82, 2.24) is 19.1 Å². The van der Waals surface area contributed by atoms with Crippen LogP contribution in [0.15, 0.2) is 194 Å². The molecule has 0 unspecified atom stereocenters. The second kappa shape index (κ2) is 12.9. The van der Waals surface area contributed by atoms with Gasteiger partial charge in [-0.1, -0.05) is 103 Å². The van der Waals surface area contributed by atoms with Crippen molar-refractivity contribution in [2.24, 2.45) is 0 Å². The van der Waals surface area contributed by atoms with Crippen LogP contribution in [0.4, 0.5) is 0 Å². The Morgan fingerprint density at radius 2 is 0.855 bits per heavy atom. The fourth-order valence-corrected chi connectivity index (χ4v) is 12.5. The fraction of sp³-hybridized carbons (Fsp3) is 0. The lowest BCUT2D eigenvalue weighted by Crippen LogP contribution is -1.95. The zero-order chi connectivity index (χ0) is 40.5. The maximum absolute atomic E-state index is 5.05. The lowest BCUT2D eigenvalue weighted by Gasteiger charge is -2.10. The van der Waals surface area contributed by atoms with E-state index in [1.54, 1.807) is 0 Å². The first-order chi connectivity index (χ1) is 30.7. The van der Waals surface area contributed by atoms with Gasteiger partial charge >= 0.3 is 0 Å². The summed E-state index contributed by atoms with van der Waals surface area (Å²) >= 11 is 3.78. The summed E-state index contributed by atoms with van der Waals surface area (Å²) in [4.78, 5) is 9.93. The zero-order valence-corrected chi connectivity index (χ0v) is 34.7. The topological polar surface area (TPSA) is 35.6 Å². The van der Waals surface area contributed by atoms with Gasteiger partial charge in [-0.15, -0.1) is 22.7 Å². The number of fused-ring (bicyclic) bond motifs is 15. The molecule has 0 bridgehead atoms. The van der Waals surface area contributed by atoms with E-state index in [-0.39, 0.29) is 0 Å². The van der Waals surface area contributed by atoms with E-state index in [1.165, 1.54) is 84.0 Å². The quantitative estimate of drug-likeness (QED) is 0.177. The summed E-state index contributed by atoms with van der Waals surface area (Å²) < 4.78 is 10.1. The van der Waals surface area contributed by atoms with Crippen molar-refractivity contribution >= 4 is 118 Å². The molecule has 4 nitrogen and oxygen atoms in total. The SMILES string of the molecule is c1ccc2c(c1)sc1c2ccc2c1c1ccccc1n2-c1ccc(-c2ccc3nc(-c4ccc(-n5c6ccccc6c6c7sc8ccccc8c7ccc65)cc4)ncc3c2)cc1. The lowest BCUT2D eigenvalue weighted by molar-refractivity contribution is 1.17. The van der Waals surface area contributed by atoms with E-state index >= 15 is 0 Å². The summed E-state index contributed by atoms with van der Waals surface area (Å²) in [6.07, 6.45) is 1.96. The van der Waals surface area contributed by atoms with Crippen molar-refractivity contribution in [2.45, 2.75) is 0 Å². The Morgan fingerprint density at radius 1 is 0.371 bits per heavy atom. The number of hydrogen-bond acceptors (Lipinski definition) is 4. The summed E-state index contributed by atoms with van der Waals surface area (Å²) in [7, 11) is 0. The summed E-state index contributed by atoms with van der Waals surface area (Å²) in [6, 6.07) is 68.3. The van der Waals surface area contributed by atoms with Crippen LogP contribution in [-0.4, -0.2) is 19.1 Å². The van der Waals surface area contributed by atoms with Crippen LogP contribution < -0.4 is 0 Å². The van der Waals surface area contributed by atoms with Crippen molar-refractivity contribution in [2.75, 3.05) is 0 Å². The maximum Gasteiger partial charge on any atom is 0.159 e. The summed E-state index contributed by atoms with van der Waals surface area (Å²) in [5.74, 6) is 0.717. The van der Waals surface area contributed by atoms with Crippen LogP contribution in [0.2, 0.25) is 0 Å². The molecular weight excluding hydrogens is 793 g/mol. The van der Waals surface area contributed by atoms with Gasteiger partial charge in [0.05, 0.1) is 27.6 Å². The Balaban J connectivity index is 0.792. The number of aromatic nitrogens is 4. The Labute approximate surface area is 362 Å². The van der Waals surface area contributed by atoms with Crippen LogP contribution in [0.25, 0.3) is 129 Å². The second-order valence-corrected chi connectivity index (χ2v) is 18.2. The number of hydrogen-bond donors (Lipinski definition) is 0. The molecule has 0 aliphatic carbocycles. The van der Waals surface area contributed by atoms with Gasteiger partial charge in [0.2, 0.25) is 0 Å². The lowest BCUT2D eigenvalue weighted by atomic mass is 10.0. The van der Waals surface area contributed by atoms with Crippen molar-refractivity contribution < 1.29 is 0 Å². The van der Waals surface area contributed by atoms with E-state index in [4.69, 9.17) is 9.97 Å². The van der Waals surface area contributed by atoms with Gasteiger partial charge in [0.15, 0.2) is 5.82 Å². The fourth-order valence-electron chi connectivity index (χ4n) is 9.94. The van der Waals surface area contributed by atoms with Crippen molar-refractivity contribution in [3.8, 4) is 33.9 Å². The molecule has 0 spiro atoms. The van der Waals surface area contributed by atoms with Crippen LogP contribution in [0.5, 0.6) is 0 Å². The molecule has 288 valence electrons. The van der Waals surface area contributed by atoms with Crippen LogP contribution >= 0.6 is 22.7 Å². The molecule has 0 radical (unpaired) electrons. The Morgan fingerprint density at radius 3 is 1.42 bits per heavy atom. The van der Waals surface area contributed by atoms with E-state index in [0.717, 1.165) is 44.8 Å². The van der Waals surface area contributed by atoms with Gasteiger partial charge < -0.3 is 9.13 Å². The van der Waals surface area contributed by atoms with E-state index in [2.05, 4.69) is 197 Å². The minimum Gasteiger partial charge on any atom is -0.309 e. The van der Waals surface area contributed by atoms with Crippen LogP contribution in [0.1, 0.15) is 0 Å². The minimum absolute atomic E-state index is 0.717. The average molecular weight is 825 g/mol. The van der Waals surface area contributed by atoms with Gasteiger partial charge in [-0.25, -0.2) is 9.97 Å². The third-order valence-corrected chi connectivity index (χ3v) is 15.2. The number of nitrogens with zero attached hydrogens (tertiary/aromatic N) is 4. The monoisotopic (exact) mass is 824 g/mol. The van der Waals surface area contributed by atoms with Crippen molar-refractivity contribution in [1.29, 1.82) is 0 Å². The number of para-hydroxylation sites is 2. The smallest absolute Gasteiger partial charge is 0.159 e. The molecular formula is C56H32N4S2. The molecule has 5 aromatic heterocycles. The molecule has 0 saturated carbocycles. The first-order valence-corrected chi connectivity index (χ1v) is 22.5. The summed E-state index contributed by atoms with van der Waals surface area (Å²) in [6.45, 7) is 0. The van der Waals surface area contributed by atoms with E-state index < -0.39 is 0 Å². The zero-order valence-electron chi connectivity index (χ0n) is 33.1. The second-order valence-electron chi connectivity index (χ2n) is 16.1. The highest BCUT2D eigenvalue weighted by atomic mass is 32.1. The van der Waals surface area contributed by atoms with Gasteiger partial charge in [0.1, 0.15) is 0 Å². The molecule has 0 aliphatic rings. The van der Waals surface area contributed by atoms with Crippen molar-refractivity contribution in [3.63, 3.8) is 0 Å². The first-order valence-electron chi connectivity index (χ1n) is 20.9. The standard InChI is InChI=1S/C56H32N4S2/c1-5-13-46-43(11-1)52-48(29-26-41-39-9-3-7-15-50(39)61-54(41)52)59(46)37-22-17-33(18-23-37)35-21-28-45-36(31-35)32-57-56(58-45)34-19-24-38(25-20-34)60-47-14-6-2-12-44(47)53-49(60)30-27-42-40-10-4-8-16-51(40)62-55(42)53/h1-32H. The highest BCUT2D eigenvalue weighted by Gasteiger charge is 2.19. The van der Waals surface area contributed by atoms with Gasteiger partial charge in [-0.05, 0) is 96.1 Å². The number of thiophene rings is 2. The normalized spacial score (nSPS) is 12.2. The largest absolute Gasteiger partial charge is 0.309 e. The molecule has 9 aromatic carbocycles. The van der Waals surface area contributed by atoms with E-state index in [1.807, 2.05) is 28.9 Å². The van der Waals surface area contributed by atoms with Gasteiger partial charge in [0.25, 0.3) is 0 Å². The average Bonchev–Trinajstić information content (AvgIpc) is 4.09. The number of benzene rings is 9. The molecule has 0 atom stereocenters. The van der Waals surface area contributed by atoms with E-state index in [9.17, 15) is 0 Å². The maximum atomic E-state index is 5.05. The van der Waals surface area contributed by atoms with Crippen LogP contribution in [0, 0.1) is 0 Å². The van der Waals surface area contributed by atoms with Gasteiger partial charge in [0, 0.05) is 90.4 Å². The van der Waals surface area contributed by atoms with Gasteiger partial charge in [-0.2, -0.15) is 0 Å². The number of rotatable bonds is 4. The molecule has 62 heavy (non-hydrogen) atoms. The molecule has 5 heterocycles. The van der Waals surface area contributed by atoms with Crippen molar-refractivity contribution in [3.05, 3.63) is 194 Å². The van der Waals surface area contributed by atoms with Gasteiger partial charge in [-0.3, -0.25) is 0 Å². The molecule has 0 saturated heterocycles. The highest BCUT2D eigenvalue weighted by Crippen LogP contribution is 2.45. The molecule has 14 aromatic rings. The van der Waals surface area contributed by atoms with E-state index in [0.29, 0.717) is 0 Å².